The van der Waals surface area contributed by atoms with E-state index < -0.39 is 17.3 Å². The summed E-state index contributed by atoms with van der Waals surface area (Å²) in [6.07, 6.45) is 1.23. The number of fused-ring (bicyclic) bond motifs is 1. The Balaban J connectivity index is 1.86. The molecule has 0 aliphatic heterocycles. The van der Waals surface area contributed by atoms with Gasteiger partial charge in [-0.05, 0) is 43.3 Å². The summed E-state index contributed by atoms with van der Waals surface area (Å²) in [6, 6.07) is 10.3. The highest BCUT2D eigenvalue weighted by molar-refractivity contribution is 5.92. The van der Waals surface area contributed by atoms with Crippen LogP contribution in [0.1, 0.15) is 12.5 Å². The Hall–Kier alpha value is -3.73. The van der Waals surface area contributed by atoms with Gasteiger partial charge in [0.25, 0.3) is 5.56 Å². The number of rotatable bonds is 5. The molecule has 1 amide bonds. The number of carbonyl (C=O) groups is 1. The largest absolute Gasteiger partial charge is 0.492 e. The summed E-state index contributed by atoms with van der Waals surface area (Å²) in [5, 5.41) is 11.7. The van der Waals surface area contributed by atoms with E-state index in [2.05, 4.69) is 10.3 Å². The molecule has 8 heteroatoms. The van der Waals surface area contributed by atoms with Crippen LogP contribution in [0, 0.1) is 17.1 Å². The zero-order chi connectivity index (χ0) is 19.4. The molecule has 0 unspecified atom stereocenters. The fourth-order valence-corrected chi connectivity index (χ4v) is 2.57. The van der Waals surface area contributed by atoms with E-state index in [1.165, 1.54) is 24.5 Å². The number of carbonyl (C=O) groups excluding carboxylic acids is 1. The molecule has 1 heterocycles. The molecular weight excluding hydrogens is 351 g/mol. The van der Waals surface area contributed by atoms with Crippen molar-refractivity contribution >= 4 is 22.5 Å². The molecule has 0 aliphatic rings. The van der Waals surface area contributed by atoms with E-state index in [4.69, 9.17) is 10.00 Å². The monoisotopic (exact) mass is 366 g/mol. The minimum atomic E-state index is -0.557. The number of benzene rings is 2. The predicted molar refractivity (Wildman–Crippen MR) is 96.9 cm³/mol. The molecule has 0 radical (unpaired) electrons. The van der Waals surface area contributed by atoms with Crippen molar-refractivity contribution in [3.63, 3.8) is 0 Å². The van der Waals surface area contributed by atoms with Crippen molar-refractivity contribution in [3.05, 3.63) is 64.5 Å². The summed E-state index contributed by atoms with van der Waals surface area (Å²) in [5.41, 5.74) is 0.506. The van der Waals surface area contributed by atoms with Crippen LogP contribution in [0.5, 0.6) is 5.75 Å². The Morgan fingerprint density at radius 2 is 2.15 bits per heavy atom. The highest BCUT2D eigenvalue weighted by Crippen LogP contribution is 2.25. The number of ether oxygens (including phenoxy) is 1. The second kappa shape index (κ2) is 7.66. The zero-order valence-electron chi connectivity index (χ0n) is 14.4. The van der Waals surface area contributed by atoms with Crippen LogP contribution in [0.2, 0.25) is 0 Å². The smallest absolute Gasteiger partial charge is 0.261 e. The van der Waals surface area contributed by atoms with Gasteiger partial charge in [-0.3, -0.25) is 14.2 Å². The van der Waals surface area contributed by atoms with E-state index in [0.717, 1.165) is 10.6 Å². The van der Waals surface area contributed by atoms with Crippen LogP contribution in [0.3, 0.4) is 0 Å². The second-order valence-electron chi connectivity index (χ2n) is 5.64. The van der Waals surface area contributed by atoms with Crippen molar-refractivity contribution in [2.75, 3.05) is 11.9 Å². The number of anilines is 1. The lowest BCUT2D eigenvalue weighted by Crippen LogP contribution is -2.28. The second-order valence-corrected chi connectivity index (χ2v) is 5.64. The Kier molecular flexibility index (Phi) is 5.13. The fourth-order valence-electron chi connectivity index (χ4n) is 2.57. The van der Waals surface area contributed by atoms with Gasteiger partial charge >= 0.3 is 0 Å². The van der Waals surface area contributed by atoms with Crippen LogP contribution in [0.15, 0.2) is 47.5 Å². The molecule has 1 aromatic heterocycles. The summed E-state index contributed by atoms with van der Waals surface area (Å²) in [5.74, 6) is -0.653. The van der Waals surface area contributed by atoms with E-state index in [1.807, 2.05) is 6.07 Å². The van der Waals surface area contributed by atoms with Crippen LogP contribution >= 0.6 is 0 Å². The summed E-state index contributed by atoms with van der Waals surface area (Å²) in [7, 11) is 0. The van der Waals surface area contributed by atoms with E-state index in [9.17, 15) is 14.0 Å². The Morgan fingerprint density at radius 3 is 2.89 bits per heavy atom. The van der Waals surface area contributed by atoms with Gasteiger partial charge in [0.1, 0.15) is 18.1 Å². The highest BCUT2D eigenvalue weighted by Gasteiger charge is 2.12. The molecule has 0 bridgehead atoms. The van der Waals surface area contributed by atoms with Gasteiger partial charge in [0.05, 0.1) is 41.2 Å². The lowest BCUT2D eigenvalue weighted by atomic mass is 10.2. The molecule has 0 fully saturated rings. The minimum Gasteiger partial charge on any atom is -0.492 e. The lowest BCUT2D eigenvalue weighted by molar-refractivity contribution is -0.116. The third-order valence-corrected chi connectivity index (χ3v) is 3.78. The Bertz CT molecular complexity index is 1120. The lowest BCUT2D eigenvalue weighted by Gasteiger charge is -2.12. The van der Waals surface area contributed by atoms with Gasteiger partial charge < -0.3 is 10.1 Å². The maximum absolute atomic E-state index is 13.4. The quantitative estimate of drug-likeness (QED) is 0.748. The first-order valence-electron chi connectivity index (χ1n) is 8.13. The number of hydrogen-bond acceptors (Lipinski definition) is 5. The summed E-state index contributed by atoms with van der Waals surface area (Å²) in [6.45, 7) is 1.86. The first-order valence-corrected chi connectivity index (χ1v) is 8.13. The summed E-state index contributed by atoms with van der Waals surface area (Å²) >= 11 is 0. The number of nitrogens with one attached hydrogen (secondary N) is 1. The standard InChI is InChI=1S/C19H15FN4O3/c1-2-27-17-6-3-12(9-21)7-16(17)23-18(25)10-24-11-22-15-5-4-13(20)8-14(15)19(24)26/h3-8,11H,2,10H2,1H3,(H,23,25). The van der Waals surface area contributed by atoms with Gasteiger partial charge in [0, 0.05) is 0 Å². The molecule has 2 aromatic carbocycles. The van der Waals surface area contributed by atoms with Crippen LogP contribution in [-0.2, 0) is 11.3 Å². The van der Waals surface area contributed by atoms with Gasteiger partial charge in [0.15, 0.2) is 0 Å². The zero-order valence-corrected chi connectivity index (χ0v) is 14.4. The maximum atomic E-state index is 13.4. The predicted octanol–water partition coefficient (Wildman–Crippen LogP) is 2.44. The van der Waals surface area contributed by atoms with Crippen molar-refractivity contribution in [1.29, 1.82) is 5.26 Å². The minimum absolute atomic E-state index is 0.0896. The highest BCUT2D eigenvalue weighted by atomic mass is 19.1. The summed E-state index contributed by atoms with van der Waals surface area (Å²) < 4.78 is 19.9. The van der Waals surface area contributed by atoms with Crippen LogP contribution in [-0.4, -0.2) is 22.1 Å². The van der Waals surface area contributed by atoms with Crippen molar-refractivity contribution in [2.24, 2.45) is 0 Å². The van der Waals surface area contributed by atoms with E-state index >= 15 is 0 Å². The summed E-state index contributed by atoms with van der Waals surface area (Å²) in [4.78, 5) is 28.9. The first kappa shape index (κ1) is 18.1. The van der Waals surface area contributed by atoms with Gasteiger partial charge in [-0.25, -0.2) is 9.37 Å². The average Bonchev–Trinajstić information content (AvgIpc) is 2.66. The van der Waals surface area contributed by atoms with Crippen LogP contribution in [0.25, 0.3) is 10.9 Å². The molecule has 0 atom stereocenters. The van der Waals surface area contributed by atoms with Crippen LogP contribution in [0.4, 0.5) is 10.1 Å². The number of halogens is 1. The topological polar surface area (TPSA) is 97.0 Å². The first-order chi connectivity index (χ1) is 13.0. The van der Waals surface area contributed by atoms with Crippen molar-refractivity contribution < 1.29 is 13.9 Å². The van der Waals surface area contributed by atoms with Crippen molar-refractivity contribution in [3.8, 4) is 11.8 Å². The molecule has 1 N–H and O–H groups in total. The molecule has 0 aliphatic carbocycles. The maximum Gasteiger partial charge on any atom is 0.261 e. The van der Waals surface area contributed by atoms with Crippen molar-refractivity contribution in [2.45, 2.75) is 13.5 Å². The van der Waals surface area contributed by atoms with Gasteiger partial charge in [-0.1, -0.05) is 0 Å². The molecule has 0 spiro atoms. The molecule has 27 heavy (non-hydrogen) atoms. The van der Waals surface area contributed by atoms with Crippen LogP contribution < -0.4 is 15.6 Å². The molecule has 7 nitrogen and oxygen atoms in total. The van der Waals surface area contributed by atoms with Gasteiger partial charge in [0.2, 0.25) is 5.91 Å². The number of nitriles is 1. The average molecular weight is 366 g/mol. The molecule has 0 saturated heterocycles. The molecular formula is C19H15FN4O3. The Morgan fingerprint density at radius 1 is 1.33 bits per heavy atom. The molecule has 3 aromatic rings. The fraction of sp³-hybridized carbons (Fsp3) is 0.158. The normalized spacial score (nSPS) is 10.4. The van der Waals surface area contributed by atoms with Crippen molar-refractivity contribution in [1.82, 2.24) is 9.55 Å². The molecule has 3 rings (SSSR count). The van der Waals surface area contributed by atoms with Gasteiger partial charge in [-0.2, -0.15) is 5.26 Å². The number of amides is 1. The number of nitrogens with zero attached hydrogens (tertiary/aromatic N) is 3. The third kappa shape index (κ3) is 3.93. The van der Waals surface area contributed by atoms with E-state index in [0.29, 0.717) is 29.1 Å². The third-order valence-electron chi connectivity index (χ3n) is 3.78. The van der Waals surface area contributed by atoms with E-state index in [1.54, 1.807) is 19.1 Å². The van der Waals surface area contributed by atoms with Gasteiger partial charge in [-0.15, -0.1) is 0 Å². The Labute approximate surface area is 153 Å². The molecule has 0 saturated carbocycles. The molecule has 136 valence electrons. The number of hydrogen-bond donors (Lipinski definition) is 1. The number of aromatic nitrogens is 2. The SMILES string of the molecule is CCOc1ccc(C#N)cc1NC(=O)Cn1cnc2ccc(F)cc2c1=O. The van der Waals surface area contributed by atoms with E-state index in [-0.39, 0.29) is 11.9 Å².